The van der Waals surface area contributed by atoms with Crippen LogP contribution in [0.3, 0.4) is 0 Å². The second-order valence-corrected chi connectivity index (χ2v) is 8.88. The number of aryl methyl sites for hydroxylation is 1. The normalized spacial score (nSPS) is 13.3. The number of nitrogens with one attached hydrogen (secondary N) is 2. The molecule has 8 heteroatoms. The minimum absolute atomic E-state index is 0.0930. The first-order valence-corrected chi connectivity index (χ1v) is 11.8. The van der Waals surface area contributed by atoms with Gasteiger partial charge in [0.25, 0.3) is 11.8 Å². The molecule has 0 bridgehead atoms. The Kier molecular flexibility index (Phi) is 7.67. The number of amides is 3. The lowest BCUT2D eigenvalue weighted by Crippen LogP contribution is -2.52. The van der Waals surface area contributed by atoms with Crippen LogP contribution in [0.4, 0.5) is 11.4 Å². The Labute approximate surface area is 209 Å². The highest BCUT2D eigenvalue weighted by Crippen LogP contribution is 2.18. The second kappa shape index (κ2) is 11.1. The van der Waals surface area contributed by atoms with Crippen LogP contribution in [0, 0.1) is 6.92 Å². The van der Waals surface area contributed by atoms with Crippen molar-refractivity contribution in [1.82, 2.24) is 15.1 Å². The molecule has 1 saturated heterocycles. The summed E-state index contributed by atoms with van der Waals surface area (Å²) >= 11 is 6.08. The van der Waals surface area contributed by atoms with Gasteiger partial charge in [-0.25, -0.2) is 0 Å². The molecule has 180 valence electrons. The van der Waals surface area contributed by atoms with Crippen LogP contribution in [0.1, 0.15) is 26.3 Å². The molecule has 7 nitrogen and oxygen atoms in total. The minimum Gasteiger partial charge on any atom is -0.356 e. The monoisotopic (exact) mass is 490 g/mol. The van der Waals surface area contributed by atoms with Crippen molar-refractivity contribution in [1.29, 1.82) is 0 Å². The van der Waals surface area contributed by atoms with Crippen molar-refractivity contribution in [2.24, 2.45) is 0 Å². The fourth-order valence-corrected chi connectivity index (χ4v) is 4.25. The number of rotatable bonds is 6. The van der Waals surface area contributed by atoms with Crippen LogP contribution in [0.2, 0.25) is 5.02 Å². The molecule has 0 spiro atoms. The van der Waals surface area contributed by atoms with Crippen LogP contribution in [0.5, 0.6) is 0 Å². The van der Waals surface area contributed by atoms with Gasteiger partial charge < -0.3 is 20.4 Å². The summed E-state index contributed by atoms with van der Waals surface area (Å²) in [5.74, 6) is -0.581. The van der Waals surface area contributed by atoms with Crippen LogP contribution in [0.25, 0.3) is 0 Å². The molecule has 1 aliphatic heterocycles. The maximum atomic E-state index is 12.8. The number of nitrogens with zero attached hydrogens (tertiary/aromatic N) is 2. The van der Waals surface area contributed by atoms with Gasteiger partial charge in [0.2, 0.25) is 5.91 Å². The van der Waals surface area contributed by atoms with Gasteiger partial charge in [0.1, 0.15) is 0 Å². The molecule has 3 amide bonds. The van der Waals surface area contributed by atoms with Gasteiger partial charge in [-0.3, -0.25) is 14.4 Å². The third-order valence-corrected chi connectivity index (χ3v) is 6.04. The Morgan fingerprint density at radius 1 is 0.800 bits per heavy atom. The molecular weight excluding hydrogens is 464 g/mol. The summed E-state index contributed by atoms with van der Waals surface area (Å²) in [6.07, 6.45) is 0. The van der Waals surface area contributed by atoms with Crippen LogP contribution in [-0.2, 0) is 4.79 Å². The molecule has 0 atom stereocenters. The lowest BCUT2D eigenvalue weighted by Gasteiger charge is -2.35. The van der Waals surface area contributed by atoms with E-state index in [0.717, 1.165) is 16.9 Å². The highest BCUT2D eigenvalue weighted by Gasteiger charge is 2.25. The number of carbonyl (C=O) groups is 3. The van der Waals surface area contributed by atoms with Crippen LogP contribution in [0.15, 0.2) is 72.8 Å². The summed E-state index contributed by atoms with van der Waals surface area (Å²) in [4.78, 5) is 41.3. The van der Waals surface area contributed by atoms with E-state index in [1.54, 1.807) is 34.1 Å². The topological polar surface area (TPSA) is 81.8 Å². The first-order chi connectivity index (χ1) is 16.9. The zero-order chi connectivity index (χ0) is 24.8. The van der Waals surface area contributed by atoms with Crippen LogP contribution < -0.4 is 10.6 Å². The van der Waals surface area contributed by atoms with E-state index in [1.165, 1.54) is 0 Å². The van der Waals surface area contributed by atoms with Gasteiger partial charge in [-0.2, -0.15) is 0 Å². The predicted molar refractivity (Wildman–Crippen MR) is 137 cm³/mol. The molecule has 0 radical (unpaired) electrons. The molecule has 3 aromatic carbocycles. The SMILES string of the molecule is Cc1cc(Cl)cc(C(=O)N2CCN(C(=O)CNC(=O)c3ccc(Nc4ccccc4)cc3)CC2)c1. The lowest BCUT2D eigenvalue weighted by atomic mass is 10.1. The summed E-state index contributed by atoms with van der Waals surface area (Å²) in [5, 5.41) is 6.48. The van der Waals surface area contributed by atoms with E-state index < -0.39 is 0 Å². The number of carbonyl (C=O) groups excluding carboxylic acids is 3. The van der Waals surface area contributed by atoms with Gasteiger partial charge in [0, 0.05) is 53.7 Å². The van der Waals surface area contributed by atoms with Gasteiger partial charge in [0.15, 0.2) is 0 Å². The Morgan fingerprint density at radius 3 is 2.09 bits per heavy atom. The number of piperazine rings is 1. The smallest absolute Gasteiger partial charge is 0.254 e. The summed E-state index contributed by atoms with van der Waals surface area (Å²) in [5.41, 5.74) is 3.77. The molecule has 3 aromatic rings. The zero-order valence-electron chi connectivity index (χ0n) is 19.5. The summed E-state index contributed by atoms with van der Waals surface area (Å²) in [6, 6.07) is 22.1. The van der Waals surface area contributed by atoms with E-state index in [1.807, 2.05) is 55.5 Å². The predicted octanol–water partition coefficient (Wildman–Crippen LogP) is 4.11. The van der Waals surface area contributed by atoms with Crippen molar-refractivity contribution < 1.29 is 14.4 Å². The van der Waals surface area contributed by atoms with Gasteiger partial charge in [-0.05, 0) is 67.1 Å². The zero-order valence-corrected chi connectivity index (χ0v) is 20.2. The van der Waals surface area contributed by atoms with Gasteiger partial charge in [-0.1, -0.05) is 29.8 Å². The molecule has 0 saturated carbocycles. The third kappa shape index (κ3) is 6.39. The number of halogens is 1. The molecule has 0 aromatic heterocycles. The van der Waals surface area contributed by atoms with E-state index in [-0.39, 0.29) is 24.3 Å². The average Bonchev–Trinajstić information content (AvgIpc) is 2.87. The molecule has 0 unspecified atom stereocenters. The Bertz CT molecular complexity index is 1190. The Hall–Kier alpha value is -3.84. The van der Waals surface area contributed by atoms with E-state index >= 15 is 0 Å². The van der Waals surface area contributed by atoms with Crippen molar-refractivity contribution in [3.63, 3.8) is 0 Å². The molecule has 0 aliphatic carbocycles. The van der Waals surface area contributed by atoms with Crippen molar-refractivity contribution in [3.8, 4) is 0 Å². The fourth-order valence-electron chi connectivity index (χ4n) is 3.96. The third-order valence-electron chi connectivity index (χ3n) is 5.82. The molecule has 1 fully saturated rings. The minimum atomic E-state index is -0.310. The fraction of sp³-hybridized carbons (Fsp3) is 0.222. The quantitative estimate of drug-likeness (QED) is 0.545. The van der Waals surface area contributed by atoms with Crippen molar-refractivity contribution >= 4 is 40.7 Å². The highest BCUT2D eigenvalue weighted by atomic mass is 35.5. The molecular formula is C27H27ClN4O3. The van der Waals surface area contributed by atoms with Crippen molar-refractivity contribution in [2.45, 2.75) is 6.92 Å². The maximum absolute atomic E-state index is 12.8. The first-order valence-electron chi connectivity index (χ1n) is 11.4. The summed E-state index contributed by atoms with van der Waals surface area (Å²) in [6.45, 7) is 3.49. The van der Waals surface area contributed by atoms with Gasteiger partial charge in [-0.15, -0.1) is 0 Å². The largest absolute Gasteiger partial charge is 0.356 e. The second-order valence-electron chi connectivity index (χ2n) is 8.44. The average molecular weight is 491 g/mol. The summed E-state index contributed by atoms with van der Waals surface area (Å²) < 4.78 is 0. The molecule has 1 heterocycles. The van der Waals surface area contributed by atoms with Crippen molar-refractivity contribution in [2.75, 3.05) is 38.0 Å². The van der Waals surface area contributed by atoms with E-state index in [0.29, 0.717) is 42.3 Å². The van der Waals surface area contributed by atoms with E-state index in [9.17, 15) is 14.4 Å². The number of benzene rings is 3. The Morgan fingerprint density at radius 2 is 1.43 bits per heavy atom. The number of hydrogen-bond acceptors (Lipinski definition) is 4. The lowest BCUT2D eigenvalue weighted by molar-refractivity contribution is -0.131. The van der Waals surface area contributed by atoms with Gasteiger partial charge >= 0.3 is 0 Å². The standard InChI is InChI=1S/C27H27ClN4O3/c1-19-15-21(17-22(28)16-19)27(35)32-13-11-31(12-14-32)25(33)18-29-26(34)20-7-9-24(10-8-20)30-23-5-3-2-4-6-23/h2-10,15-17,30H,11-14,18H2,1H3,(H,29,34). The van der Waals surface area contributed by atoms with Crippen LogP contribution >= 0.6 is 11.6 Å². The van der Waals surface area contributed by atoms with Crippen LogP contribution in [-0.4, -0.2) is 60.2 Å². The van der Waals surface area contributed by atoms with Crippen molar-refractivity contribution in [3.05, 3.63) is 94.5 Å². The molecule has 35 heavy (non-hydrogen) atoms. The van der Waals surface area contributed by atoms with E-state index in [2.05, 4.69) is 10.6 Å². The molecule has 4 rings (SSSR count). The van der Waals surface area contributed by atoms with E-state index in [4.69, 9.17) is 11.6 Å². The van der Waals surface area contributed by atoms with Gasteiger partial charge in [0.05, 0.1) is 6.54 Å². The number of para-hydroxylation sites is 1. The highest BCUT2D eigenvalue weighted by molar-refractivity contribution is 6.31. The maximum Gasteiger partial charge on any atom is 0.254 e. The number of hydrogen-bond donors (Lipinski definition) is 2. The number of anilines is 2. The summed E-state index contributed by atoms with van der Waals surface area (Å²) in [7, 11) is 0. The Balaban J connectivity index is 1.24. The first kappa shape index (κ1) is 24.3. The molecule has 2 N–H and O–H groups in total. The molecule has 1 aliphatic rings.